The fourth-order valence-electron chi connectivity index (χ4n) is 3.45. The topological polar surface area (TPSA) is 65.5 Å². The summed E-state index contributed by atoms with van der Waals surface area (Å²) in [6, 6.07) is 11.4. The van der Waals surface area contributed by atoms with Crippen LogP contribution in [0.25, 0.3) is 0 Å². The molecule has 3 rings (SSSR count). The van der Waals surface area contributed by atoms with Gasteiger partial charge in [-0.2, -0.15) is 0 Å². The molecule has 0 aliphatic carbocycles. The predicted octanol–water partition coefficient (Wildman–Crippen LogP) is 3.77. The second-order valence-corrected chi connectivity index (χ2v) is 8.32. The van der Waals surface area contributed by atoms with Crippen LogP contribution in [0, 0.1) is 5.92 Å². The molecule has 0 saturated carbocycles. The van der Waals surface area contributed by atoms with Crippen LogP contribution in [-0.2, 0) is 9.59 Å². The van der Waals surface area contributed by atoms with Gasteiger partial charge in [0, 0.05) is 37.1 Å². The Labute approximate surface area is 180 Å². The summed E-state index contributed by atoms with van der Waals surface area (Å²) < 4.78 is 0. The van der Waals surface area contributed by atoms with E-state index in [1.54, 1.807) is 25.0 Å². The molecule has 0 radical (unpaired) electrons. The summed E-state index contributed by atoms with van der Waals surface area (Å²) in [5, 5.41) is 3.51. The molecule has 0 bridgehead atoms. The number of piperidine rings is 1. The number of rotatable bonds is 6. The van der Waals surface area contributed by atoms with Gasteiger partial charge in [-0.15, -0.1) is 11.8 Å². The molecular weight excluding hydrogens is 408 g/mol. The number of nitrogens with one attached hydrogen (secondary N) is 1. The molecule has 154 valence electrons. The van der Waals surface area contributed by atoms with Gasteiger partial charge in [0.15, 0.2) is 0 Å². The average molecular weight is 433 g/mol. The fraction of sp³-hybridized carbons (Fsp3) is 0.381. The number of aromatic nitrogens is 1. The third-order valence-corrected chi connectivity index (χ3v) is 6.04. The molecule has 2 heterocycles. The molecule has 2 amide bonds. The van der Waals surface area contributed by atoms with Crippen LogP contribution in [0.3, 0.4) is 0 Å². The minimum atomic E-state index is -0.190. The van der Waals surface area contributed by atoms with E-state index in [2.05, 4.69) is 15.2 Å². The summed E-state index contributed by atoms with van der Waals surface area (Å²) in [7, 11) is 1.69. The van der Waals surface area contributed by atoms with Gasteiger partial charge in [0.25, 0.3) is 0 Å². The second-order valence-electron chi connectivity index (χ2n) is 7.04. The van der Waals surface area contributed by atoms with Crippen LogP contribution >= 0.6 is 23.4 Å². The van der Waals surface area contributed by atoms with Crippen molar-refractivity contribution >= 4 is 46.7 Å². The number of pyridine rings is 1. The average Bonchev–Trinajstić information content (AvgIpc) is 2.74. The van der Waals surface area contributed by atoms with Crippen molar-refractivity contribution in [2.45, 2.75) is 17.7 Å². The maximum absolute atomic E-state index is 12.8. The monoisotopic (exact) mass is 432 g/mol. The van der Waals surface area contributed by atoms with Crippen molar-refractivity contribution in [2.24, 2.45) is 5.92 Å². The molecule has 1 saturated heterocycles. The number of hydrogen-bond donors (Lipinski definition) is 1. The summed E-state index contributed by atoms with van der Waals surface area (Å²) in [6.07, 6.45) is 5.08. The number of halogens is 1. The van der Waals surface area contributed by atoms with Gasteiger partial charge in [0.2, 0.25) is 11.8 Å². The number of anilines is 2. The van der Waals surface area contributed by atoms with E-state index in [0.29, 0.717) is 5.02 Å². The lowest BCUT2D eigenvalue weighted by atomic mass is 9.95. The molecule has 1 aromatic carbocycles. The van der Waals surface area contributed by atoms with E-state index >= 15 is 0 Å². The van der Waals surface area contributed by atoms with Gasteiger partial charge in [-0.25, -0.2) is 4.98 Å². The zero-order valence-electron chi connectivity index (χ0n) is 16.6. The predicted molar refractivity (Wildman–Crippen MR) is 119 cm³/mol. The van der Waals surface area contributed by atoms with Crippen molar-refractivity contribution in [3.63, 3.8) is 0 Å². The van der Waals surface area contributed by atoms with Gasteiger partial charge in [0.05, 0.1) is 17.3 Å². The Bertz CT molecular complexity index is 854. The summed E-state index contributed by atoms with van der Waals surface area (Å²) in [5.74, 6) is 0.627. The number of carbonyl (C=O) groups is 2. The van der Waals surface area contributed by atoms with Gasteiger partial charge in [-0.1, -0.05) is 23.7 Å². The number of amides is 2. The lowest BCUT2D eigenvalue weighted by molar-refractivity contribution is -0.137. The molecule has 0 spiro atoms. The zero-order chi connectivity index (χ0) is 20.8. The SMILES string of the molecule is CSc1ccccc1NC(=O)CN(C)C(=O)C1CCN(c2ccc(Cl)cn2)CC1. The van der Waals surface area contributed by atoms with E-state index in [0.717, 1.165) is 42.3 Å². The Kier molecular flexibility index (Phi) is 7.39. The number of nitrogens with zero attached hydrogens (tertiary/aromatic N) is 3. The maximum Gasteiger partial charge on any atom is 0.244 e. The summed E-state index contributed by atoms with van der Waals surface area (Å²) >= 11 is 7.47. The van der Waals surface area contributed by atoms with Gasteiger partial charge < -0.3 is 15.1 Å². The maximum atomic E-state index is 12.8. The molecular formula is C21H25ClN4O2S. The Hall–Kier alpha value is -2.25. The van der Waals surface area contributed by atoms with E-state index in [-0.39, 0.29) is 24.3 Å². The van der Waals surface area contributed by atoms with E-state index < -0.39 is 0 Å². The first kappa shape index (κ1) is 21.5. The largest absolute Gasteiger partial charge is 0.357 e. The molecule has 1 aliphatic heterocycles. The summed E-state index contributed by atoms with van der Waals surface area (Å²) in [4.78, 5) is 34.2. The number of likely N-dealkylation sites (N-methyl/N-ethyl adjacent to an activating group) is 1. The number of hydrogen-bond acceptors (Lipinski definition) is 5. The smallest absolute Gasteiger partial charge is 0.244 e. The Balaban J connectivity index is 1.50. The van der Waals surface area contributed by atoms with Crippen molar-refractivity contribution in [1.82, 2.24) is 9.88 Å². The molecule has 0 atom stereocenters. The van der Waals surface area contributed by atoms with Crippen molar-refractivity contribution < 1.29 is 9.59 Å². The molecule has 1 aliphatic rings. The molecule has 2 aromatic rings. The second kappa shape index (κ2) is 9.98. The highest BCUT2D eigenvalue weighted by Gasteiger charge is 2.28. The van der Waals surface area contributed by atoms with Gasteiger partial charge in [-0.3, -0.25) is 9.59 Å². The molecule has 1 aromatic heterocycles. The first-order chi connectivity index (χ1) is 14.0. The quantitative estimate of drug-likeness (QED) is 0.704. The molecule has 0 unspecified atom stereocenters. The van der Waals surface area contributed by atoms with Crippen LogP contribution < -0.4 is 10.2 Å². The number of thioether (sulfide) groups is 1. The first-order valence-corrected chi connectivity index (χ1v) is 11.1. The number of para-hydroxylation sites is 1. The van der Waals surface area contributed by atoms with Crippen LogP contribution in [0.2, 0.25) is 5.02 Å². The van der Waals surface area contributed by atoms with Crippen LogP contribution in [0.4, 0.5) is 11.5 Å². The highest BCUT2D eigenvalue weighted by atomic mass is 35.5. The molecule has 1 fully saturated rings. The highest BCUT2D eigenvalue weighted by Crippen LogP contribution is 2.25. The van der Waals surface area contributed by atoms with E-state index in [9.17, 15) is 9.59 Å². The van der Waals surface area contributed by atoms with Crippen LogP contribution in [0.15, 0.2) is 47.5 Å². The van der Waals surface area contributed by atoms with Gasteiger partial charge in [0.1, 0.15) is 5.82 Å². The zero-order valence-corrected chi connectivity index (χ0v) is 18.2. The standard InChI is InChI=1S/C21H25ClN4O2S/c1-25(14-20(27)24-17-5-3-4-6-18(17)29-2)21(28)15-9-11-26(12-10-15)19-8-7-16(22)13-23-19/h3-8,13,15H,9-12,14H2,1-2H3,(H,24,27). The summed E-state index contributed by atoms with van der Waals surface area (Å²) in [6.45, 7) is 1.55. The lowest BCUT2D eigenvalue weighted by Crippen LogP contribution is -2.43. The Morgan fingerprint density at radius 2 is 1.97 bits per heavy atom. The third kappa shape index (κ3) is 5.64. The number of carbonyl (C=O) groups excluding carboxylic acids is 2. The van der Waals surface area contributed by atoms with E-state index in [1.807, 2.05) is 42.7 Å². The van der Waals surface area contributed by atoms with Crippen molar-refractivity contribution in [3.05, 3.63) is 47.6 Å². The minimum Gasteiger partial charge on any atom is -0.357 e. The van der Waals surface area contributed by atoms with Crippen molar-refractivity contribution in [3.8, 4) is 0 Å². The molecule has 6 nitrogen and oxygen atoms in total. The third-order valence-electron chi connectivity index (χ3n) is 5.02. The van der Waals surface area contributed by atoms with E-state index in [1.165, 1.54) is 4.90 Å². The van der Waals surface area contributed by atoms with Crippen molar-refractivity contribution in [2.75, 3.05) is 43.2 Å². The molecule has 29 heavy (non-hydrogen) atoms. The fourth-order valence-corrected chi connectivity index (χ4v) is 4.12. The van der Waals surface area contributed by atoms with E-state index in [4.69, 9.17) is 11.6 Å². The van der Waals surface area contributed by atoms with Gasteiger partial charge >= 0.3 is 0 Å². The molecule has 8 heteroatoms. The van der Waals surface area contributed by atoms with Gasteiger partial charge in [-0.05, 0) is 43.4 Å². The van der Waals surface area contributed by atoms with Crippen LogP contribution in [0.5, 0.6) is 0 Å². The van der Waals surface area contributed by atoms with Crippen LogP contribution in [0.1, 0.15) is 12.8 Å². The van der Waals surface area contributed by atoms with Crippen molar-refractivity contribution in [1.29, 1.82) is 0 Å². The van der Waals surface area contributed by atoms with Crippen LogP contribution in [-0.4, -0.2) is 54.6 Å². The first-order valence-electron chi connectivity index (χ1n) is 9.52. The Morgan fingerprint density at radius 3 is 2.62 bits per heavy atom. The normalized spacial score (nSPS) is 14.5. The molecule has 1 N–H and O–H groups in total. The lowest BCUT2D eigenvalue weighted by Gasteiger charge is -2.33. The summed E-state index contributed by atoms with van der Waals surface area (Å²) in [5.41, 5.74) is 0.773. The minimum absolute atomic E-state index is 0.0158. The number of benzene rings is 1. The Morgan fingerprint density at radius 1 is 1.24 bits per heavy atom. The highest BCUT2D eigenvalue weighted by molar-refractivity contribution is 7.98.